The van der Waals surface area contributed by atoms with Crippen LogP contribution in [0, 0.1) is 24.0 Å². The van der Waals surface area contributed by atoms with Crippen LogP contribution in [0.2, 0.25) is 0 Å². The van der Waals surface area contributed by atoms with Crippen molar-refractivity contribution in [3.05, 3.63) is 101 Å². The number of aryl methyl sites for hydroxylation is 1. The zero-order chi connectivity index (χ0) is 35.3. The van der Waals surface area contributed by atoms with E-state index in [1.165, 1.54) is 24.3 Å². The molecule has 260 valence electrons. The van der Waals surface area contributed by atoms with Gasteiger partial charge in [0.15, 0.2) is 11.6 Å². The van der Waals surface area contributed by atoms with Crippen molar-refractivity contribution in [3.63, 3.8) is 0 Å². The maximum atomic E-state index is 15.6. The molecule has 2 atom stereocenters. The number of carbonyl (C=O) groups excluding carboxylic acids is 1. The number of H-pyrrole nitrogens is 2. The normalized spacial score (nSPS) is 13.7. The molecule has 2 heterocycles. The van der Waals surface area contributed by atoms with Crippen LogP contribution in [0.5, 0.6) is 11.5 Å². The van der Waals surface area contributed by atoms with Gasteiger partial charge in [0.25, 0.3) is 0 Å². The number of aliphatic hydroxyl groups excluding tert-OH is 1. The summed E-state index contributed by atoms with van der Waals surface area (Å²) in [5, 5.41) is 10.4. The minimum absolute atomic E-state index is 0.0932. The summed E-state index contributed by atoms with van der Waals surface area (Å²) in [5.74, 6) is -2.12. The average molecular weight is 692 g/mol. The number of aromatic amines is 2. The predicted molar refractivity (Wildman–Crippen MR) is 188 cm³/mol. The fourth-order valence-corrected chi connectivity index (χ4v) is 7.11. The van der Waals surface area contributed by atoms with Gasteiger partial charge in [0.05, 0.1) is 17.7 Å². The van der Waals surface area contributed by atoms with Crippen LogP contribution in [0.3, 0.4) is 0 Å². The molecular weight excluding hydrogens is 648 g/mol. The highest BCUT2D eigenvalue weighted by atomic mass is 32.2. The van der Waals surface area contributed by atoms with Gasteiger partial charge in [0.1, 0.15) is 23.1 Å². The number of halogens is 2. The van der Waals surface area contributed by atoms with Crippen LogP contribution in [-0.4, -0.2) is 49.5 Å². The highest BCUT2D eigenvalue weighted by Crippen LogP contribution is 2.40. The Hall–Kier alpha value is -4.19. The third kappa shape index (κ3) is 8.34. The van der Waals surface area contributed by atoms with E-state index in [0.717, 1.165) is 36.1 Å². The molecule has 0 amide bonds. The summed E-state index contributed by atoms with van der Waals surface area (Å²) in [7, 11) is 0. The van der Waals surface area contributed by atoms with Crippen LogP contribution in [0.1, 0.15) is 69.3 Å². The summed E-state index contributed by atoms with van der Waals surface area (Å²) in [5.41, 5.74) is 3.22. The minimum Gasteiger partial charge on any atom is -0.616 e. The van der Waals surface area contributed by atoms with Crippen molar-refractivity contribution < 1.29 is 32.7 Å². The van der Waals surface area contributed by atoms with Gasteiger partial charge in [-0.3, -0.25) is 0 Å². The molecule has 0 bridgehead atoms. The van der Waals surface area contributed by atoms with Crippen molar-refractivity contribution in [3.8, 4) is 22.9 Å². The van der Waals surface area contributed by atoms with E-state index in [9.17, 15) is 14.5 Å². The van der Waals surface area contributed by atoms with Gasteiger partial charge in [-0.25, -0.2) is 18.6 Å². The highest BCUT2D eigenvalue weighted by molar-refractivity contribution is 7.91. The quantitative estimate of drug-likeness (QED) is 0.0751. The molecule has 8 nitrogen and oxygen atoms in total. The fraction of sp³-hybridized carbons (Fsp3) is 0.368. The fourth-order valence-electron chi connectivity index (χ4n) is 6.05. The van der Waals surface area contributed by atoms with Gasteiger partial charge >= 0.3 is 5.97 Å². The molecule has 0 spiro atoms. The first-order valence-corrected chi connectivity index (χ1v) is 17.8. The van der Waals surface area contributed by atoms with Gasteiger partial charge < -0.3 is 29.1 Å². The second-order valence-corrected chi connectivity index (χ2v) is 14.9. The number of aromatic nitrogens is 3. The van der Waals surface area contributed by atoms with E-state index in [1.54, 1.807) is 25.4 Å². The number of ether oxygens (including phenoxy) is 2. The second kappa shape index (κ2) is 15.1. The first-order valence-electron chi connectivity index (χ1n) is 16.3. The molecule has 0 radical (unpaired) electrons. The molecule has 2 aromatic heterocycles. The van der Waals surface area contributed by atoms with Crippen LogP contribution in [0.15, 0.2) is 67.0 Å². The molecule has 2 unspecified atom stereocenters. The van der Waals surface area contributed by atoms with Crippen molar-refractivity contribution >= 4 is 28.0 Å². The second-order valence-electron chi connectivity index (χ2n) is 13.4. The standard InChI is InChI=1S/C38H43F2N3O5S/c1-6-47-34(45)22-49(46)21-29-27-13-16-41-32(27)19-31(40)35(29)48-26-11-12-30(39)28(18-26)36-42-20-33(43-36)38(5,15-8-14-37(3,4)23-44)25-10-7-9-24(2)17-25/h7,9-13,16-20,41,44H,6,8,14-15,21-23H2,1-5H3,(H,42,43). The van der Waals surface area contributed by atoms with E-state index in [1.807, 2.05) is 32.9 Å². The molecule has 0 aliphatic carbocycles. The minimum atomic E-state index is -1.71. The predicted octanol–water partition coefficient (Wildman–Crippen LogP) is 8.24. The number of benzene rings is 3. The number of carbonyl (C=O) groups is 1. The monoisotopic (exact) mass is 691 g/mol. The molecule has 0 fully saturated rings. The molecular formula is C38H43F2N3O5S. The number of rotatable bonds is 15. The van der Waals surface area contributed by atoms with E-state index < -0.39 is 34.2 Å². The molecule has 3 aromatic carbocycles. The van der Waals surface area contributed by atoms with Crippen molar-refractivity contribution in [2.45, 2.75) is 65.0 Å². The molecule has 11 heteroatoms. The maximum absolute atomic E-state index is 15.6. The topological polar surface area (TPSA) is 123 Å². The smallest absolute Gasteiger partial charge is 0.356 e. The van der Waals surface area contributed by atoms with Crippen LogP contribution in [0.4, 0.5) is 8.78 Å². The van der Waals surface area contributed by atoms with Gasteiger partial charge in [0.2, 0.25) is 5.75 Å². The van der Waals surface area contributed by atoms with Crippen LogP contribution >= 0.6 is 0 Å². The first-order chi connectivity index (χ1) is 23.3. The number of hydrogen-bond donors (Lipinski definition) is 3. The van der Waals surface area contributed by atoms with Crippen LogP contribution in [-0.2, 0) is 31.9 Å². The van der Waals surface area contributed by atoms with E-state index in [-0.39, 0.29) is 53.0 Å². The summed E-state index contributed by atoms with van der Waals surface area (Å²) in [6.07, 6.45) is 5.78. The number of imidazole rings is 1. The van der Waals surface area contributed by atoms with Gasteiger partial charge in [-0.2, -0.15) is 0 Å². The number of nitrogens with zero attached hydrogens (tertiary/aromatic N) is 1. The lowest BCUT2D eigenvalue weighted by molar-refractivity contribution is -0.139. The van der Waals surface area contributed by atoms with Crippen LogP contribution in [0.25, 0.3) is 22.3 Å². The van der Waals surface area contributed by atoms with Crippen molar-refractivity contribution in [2.75, 3.05) is 19.0 Å². The summed E-state index contributed by atoms with van der Waals surface area (Å²) >= 11 is -1.71. The Kier molecular flexibility index (Phi) is 11.2. The average Bonchev–Trinajstić information content (AvgIpc) is 3.74. The van der Waals surface area contributed by atoms with Crippen molar-refractivity contribution in [1.82, 2.24) is 15.0 Å². The number of nitrogens with one attached hydrogen (secondary N) is 2. The largest absolute Gasteiger partial charge is 0.616 e. The summed E-state index contributed by atoms with van der Waals surface area (Å²) in [6.45, 7) is 10.2. The third-order valence-corrected chi connectivity index (χ3v) is 10.1. The van der Waals surface area contributed by atoms with Crippen LogP contribution < -0.4 is 4.74 Å². The van der Waals surface area contributed by atoms with Crippen molar-refractivity contribution in [2.24, 2.45) is 5.41 Å². The van der Waals surface area contributed by atoms with Crippen molar-refractivity contribution in [1.29, 1.82) is 0 Å². The molecule has 3 N–H and O–H groups in total. The SMILES string of the molecule is CCOC(=O)C[S+]([O-])Cc1c(Oc2ccc(F)c(-c3ncc(C(C)(CCCC(C)(C)CO)c4cccc(C)c4)[nH]3)c2)c(F)cc2[nH]ccc12. The van der Waals surface area contributed by atoms with E-state index in [2.05, 4.69) is 34.0 Å². The third-order valence-electron chi connectivity index (χ3n) is 8.95. The first kappa shape index (κ1) is 36.1. The summed E-state index contributed by atoms with van der Waals surface area (Å²) in [4.78, 5) is 22.9. The van der Waals surface area contributed by atoms with E-state index in [0.29, 0.717) is 16.5 Å². The molecule has 5 aromatic rings. The Bertz CT molecular complexity index is 1920. The molecule has 0 saturated heterocycles. The molecule has 0 aliphatic rings. The Morgan fingerprint density at radius 3 is 2.59 bits per heavy atom. The lowest BCUT2D eigenvalue weighted by Gasteiger charge is -2.31. The summed E-state index contributed by atoms with van der Waals surface area (Å²) in [6, 6.07) is 15.3. The van der Waals surface area contributed by atoms with Gasteiger partial charge in [0, 0.05) is 47.1 Å². The molecule has 49 heavy (non-hydrogen) atoms. The van der Waals surface area contributed by atoms with Gasteiger partial charge in [-0.1, -0.05) is 50.1 Å². The number of hydrogen-bond acceptors (Lipinski definition) is 6. The Morgan fingerprint density at radius 1 is 1.06 bits per heavy atom. The van der Waals surface area contributed by atoms with Gasteiger partial charge in [-0.15, -0.1) is 0 Å². The zero-order valence-electron chi connectivity index (χ0n) is 28.5. The number of fused-ring (bicyclic) bond motifs is 1. The van der Waals surface area contributed by atoms with E-state index >= 15 is 8.78 Å². The summed E-state index contributed by atoms with van der Waals surface area (Å²) < 4.78 is 54.9. The molecule has 5 rings (SSSR count). The van der Waals surface area contributed by atoms with Gasteiger partial charge in [-0.05, 0) is 80.0 Å². The zero-order valence-corrected chi connectivity index (χ0v) is 29.3. The molecule has 0 aliphatic heterocycles. The Morgan fingerprint density at radius 2 is 1.86 bits per heavy atom. The highest BCUT2D eigenvalue weighted by Gasteiger charge is 2.32. The Balaban J connectivity index is 1.47. The number of aliphatic hydroxyl groups is 1. The Labute approximate surface area is 288 Å². The van der Waals surface area contributed by atoms with E-state index in [4.69, 9.17) is 9.47 Å². The lowest BCUT2D eigenvalue weighted by Crippen LogP contribution is -2.26. The number of esters is 1. The molecule has 0 saturated carbocycles. The lowest BCUT2D eigenvalue weighted by atomic mass is 9.74. The maximum Gasteiger partial charge on any atom is 0.356 e.